The summed E-state index contributed by atoms with van der Waals surface area (Å²) in [5.41, 5.74) is 5.23. The Morgan fingerprint density at radius 2 is 2.21 bits per heavy atom. The zero-order chi connectivity index (χ0) is 14.0. The first kappa shape index (κ1) is 12.7. The molecule has 0 radical (unpaired) electrons. The van der Waals surface area contributed by atoms with E-state index in [0.29, 0.717) is 0 Å². The summed E-state index contributed by atoms with van der Waals surface area (Å²) in [6.07, 6.45) is 0.986. The third kappa shape index (κ3) is 2.41. The quantitative estimate of drug-likeness (QED) is 0.669. The van der Waals surface area contributed by atoms with E-state index in [1.165, 1.54) is 19.2 Å². The number of hydrogen-bond acceptors (Lipinski definition) is 6. The summed E-state index contributed by atoms with van der Waals surface area (Å²) in [6.45, 7) is 0. The minimum Gasteiger partial charge on any atom is -0.494 e. The molecule has 0 aliphatic heterocycles. The monoisotopic (exact) mass is 264 g/mol. The molecular weight excluding hydrogens is 255 g/mol. The molecule has 2 rings (SSSR count). The maximum absolute atomic E-state index is 13.6. The predicted molar refractivity (Wildman–Crippen MR) is 65.0 cm³/mol. The van der Waals surface area contributed by atoms with Crippen molar-refractivity contribution < 1.29 is 14.1 Å². The number of nitro groups is 1. The van der Waals surface area contributed by atoms with E-state index in [1.54, 1.807) is 0 Å². The van der Waals surface area contributed by atoms with Gasteiger partial charge < -0.3 is 10.5 Å². The summed E-state index contributed by atoms with van der Waals surface area (Å²) < 4.78 is 18.4. The highest BCUT2D eigenvalue weighted by molar-refractivity contribution is 5.70. The van der Waals surface area contributed by atoms with Crippen LogP contribution in [-0.2, 0) is 0 Å². The van der Waals surface area contributed by atoms with Crippen molar-refractivity contribution in [1.29, 1.82) is 0 Å². The summed E-state index contributed by atoms with van der Waals surface area (Å²) in [4.78, 5) is 17.6. The minimum atomic E-state index is -0.656. The second kappa shape index (κ2) is 4.84. The number of rotatable bonds is 3. The number of anilines is 1. The number of ether oxygens (including phenoxy) is 1. The lowest BCUT2D eigenvalue weighted by Crippen LogP contribution is -2.01. The van der Waals surface area contributed by atoms with Gasteiger partial charge in [-0.25, -0.2) is 14.4 Å². The minimum absolute atomic E-state index is 0.0356. The van der Waals surface area contributed by atoms with Crippen LogP contribution in [0.5, 0.6) is 5.75 Å². The Balaban J connectivity index is 2.61. The molecule has 0 saturated heterocycles. The third-order valence-electron chi connectivity index (χ3n) is 2.41. The van der Waals surface area contributed by atoms with Gasteiger partial charge in [0.05, 0.1) is 12.0 Å². The van der Waals surface area contributed by atoms with Crippen molar-refractivity contribution in [3.8, 4) is 17.0 Å². The van der Waals surface area contributed by atoms with Crippen molar-refractivity contribution in [1.82, 2.24) is 9.97 Å². The van der Waals surface area contributed by atoms with Gasteiger partial charge in [0, 0.05) is 5.56 Å². The topological polar surface area (TPSA) is 104 Å². The molecule has 1 heterocycles. The fraction of sp³-hybridized carbons (Fsp3) is 0.0909. The third-order valence-corrected chi connectivity index (χ3v) is 2.41. The molecule has 0 aliphatic carbocycles. The highest BCUT2D eigenvalue weighted by Crippen LogP contribution is 2.30. The lowest BCUT2D eigenvalue weighted by Gasteiger charge is -2.05. The second-order valence-electron chi connectivity index (χ2n) is 3.57. The van der Waals surface area contributed by atoms with Crippen molar-refractivity contribution in [2.75, 3.05) is 12.8 Å². The van der Waals surface area contributed by atoms with Crippen LogP contribution in [0.3, 0.4) is 0 Å². The molecule has 1 aromatic heterocycles. The SMILES string of the molecule is COc1ccc(-c2nc(N)ncc2[N+](=O)[O-])cc1F. The summed E-state index contributed by atoms with van der Waals surface area (Å²) in [7, 11) is 1.32. The standard InChI is InChI=1S/C11H9FN4O3/c1-19-9-3-2-6(4-7(9)12)10-8(16(17)18)5-14-11(13)15-10/h2-5H,1H3,(H2,13,14,15). The molecule has 8 heteroatoms. The van der Waals surface area contributed by atoms with E-state index >= 15 is 0 Å². The lowest BCUT2D eigenvalue weighted by molar-refractivity contribution is -0.384. The van der Waals surface area contributed by atoms with Gasteiger partial charge in [0.15, 0.2) is 17.3 Å². The molecule has 2 N–H and O–H groups in total. The van der Waals surface area contributed by atoms with Crippen molar-refractivity contribution >= 4 is 11.6 Å². The van der Waals surface area contributed by atoms with E-state index in [9.17, 15) is 14.5 Å². The van der Waals surface area contributed by atoms with Crippen molar-refractivity contribution in [2.24, 2.45) is 0 Å². The van der Waals surface area contributed by atoms with E-state index in [4.69, 9.17) is 10.5 Å². The average molecular weight is 264 g/mol. The first-order valence-electron chi connectivity index (χ1n) is 5.13. The van der Waals surface area contributed by atoms with Gasteiger partial charge in [0.1, 0.15) is 6.20 Å². The van der Waals surface area contributed by atoms with Crippen LogP contribution in [-0.4, -0.2) is 22.0 Å². The van der Waals surface area contributed by atoms with Crippen LogP contribution in [0.25, 0.3) is 11.3 Å². The fourth-order valence-corrected chi connectivity index (χ4v) is 1.55. The van der Waals surface area contributed by atoms with E-state index in [1.807, 2.05) is 0 Å². The van der Waals surface area contributed by atoms with Gasteiger partial charge >= 0.3 is 5.69 Å². The number of benzene rings is 1. The number of nitrogens with zero attached hydrogens (tertiary/aromatic N) is 3. The van der Waals surface area contributed by atoms with Gasteiger partial charge in [0.2, 0.25) is 5.95 Å². The van der Waals surface area contributed by atoms with Crippen LogP contribution >= 0.6 is 0 Å². The van der Waals surface area contributed by atoms with Crippen LogP contribution in [0.15, 0.2) is 24.4 Å². The van der Waals surface area contributed by atoms with Gasteiger partial charge in [-0.1, -0.05) is 0 Å². The molecule has 19 heavy (non-hydrogen) atoms. The van der Waals surface area contributed by atoms with Gasteiger partial charge in [-0.2, -0.15) is 0 Å². The number of hydrogen-bond donors (Lipinski definition) is 1. The van der Waals surface area contributed by atoms with Crippen LogP contribution in [0.4, 0.5) is 16.0 Å². The highest BCUT2D eigenvalue weighted by Gasteiger charge is 2.19. The summed E-state index contributed by atoms with van der Waals surface area (Å²) in [6, 6.07) is 3.90. The summed E-state index contributed by atoms with van der Waals surface area (Å²) in [5, 5.41) is 10.9. The predicted octanol–water partition coefficient (Wildman–Crippen LogP) is 1.78. The van der Waals surface area contributed by atoms with E-state index < -0.39 is 10.7 Å². The van der Waals surface area contributed by atoms with Gasteiger partial charge in [-0.05, 0) is 18.2 Å². The fourth-order valence-electron chi connectivity index (χ4n) is 1.55. The van der Waals surface area contributed by atoms with E-state index in [2.05, 4.69) is 9.97 Å². The van der Waals surface area contributed by atoms with Gasteiger partial charge in [0.25, 0.3) is 0 Å². The molecule has 0 unspecified atom stereocenters. The molecule has 0 atom stereocenters. The first-order valence-corrected chi connectivity index (χ1v) is 5.13. The first-order chi connectivity index (χ1) is 9.02. The molecular formula is C11H9FN4O3. The number of halogens is 1. The Morgan fingerprint density at radius 3 is 2.79 bits per heavy atom. The summed E-state index contributed by atoms with van der Waals surface area (Å²) >= 11 is 0. The Kier molecular flexibility index (Phi) is 3.23. The molecule has 0 saturated carbocycles. The maximum atomic E-state index is 13.6. The van der Waals surface area contributed by atoms with E-state index in [-0.39, 0.29) is 28.6 Å². The van der Waals surface area contributed by atoms with Gasteiger partial charge in [-0.15, -0.1) is 0 Å². The number of nitrogen functional groups attached to an aromatic ring is 1. The normalized spacial score (nSPS) is 10.2. The average Bonchev–Trinajstić information content (AvgIpc) is 2.38. The lowest BCUT2D eigenvalue weighted by atomic mass is 10.1. The molecule has 0 fully saturated rings. The Morgan fingerprint density at radius 1 is 1.47 bits per heavy atom. The largest absolute Gasteiger partial charge is 0.494 e. The Bertz CT molecular complexity index is 648. The van der Waals surface area contributed by atoms with Crippen LogP contribution in [0.1, 0.15) is 0 Å². The van der Waals surface area contributed by atoms with Crippen molar-refractivity contribution in [3.05, 3.63) is 40.3 Å². The number of methoxy groups -OCH3 is 1. The molecule has 0 amide bonds. The Labute approximate surface area is 107 Å². The maximum Gasteiger partial charge on any atom is 0.313 e. The molecule has 2 aromatic rings. The Hall–Kier alpha value is -2.77. The molecule has 0 aliphatic rings. The van der Waals surface area contributed by atoms with E-state index in [0.717, 1.165) is 12.3 Å². The zero-order valence-electron chi connectivity index (χ0n) is 9.83. The van der Waals surface area contributed by atoms with Crippen LogP contribution in [0.2, 0.25) is 0 Å². The highest BCUT2D eigenvalue weighted by atomic mass is 19.1. The molecule has 1 aromatic carbocycles. The molecule has 98 valence electrons. The second-order valence-corrected chi connectivity index (χ2v) is 3.57. The zero-order valence-corrected chi connectivity index (χ0v) is 9.83. The van der Waals surface area contributed by atoms with Crippen LogP contribution < -0.4 is 10.5 Å². The molecule has 0 bridgehead atoms. The van der Waals surface area contributed by atoms with Crippen molar-refractivity contribution in [3.63, 3.8) is 0 Å². The summed E-state index contributed by atoms with van der Waals surface area (Å²) in [5.74, 6) is -0.739. The van der Waals surface area contributed by atoms with Crippen LogP contribution in [0, 0.1) is 15.9 Å². The smallest absolute Gasteiger partial charge is 0.313 e. The molecule has 0 spiro atoms. The van der Waals surface area contributed by atoms with Gasteiger partial charge in [-0.3, -0.25) is 10.1 Å². The number of aromatic nitrogens is 2. The van der Waals surface area contributed by atoms with Crippen molar-refractivity contribution in [2.45, 2.75) is 0 Å². The number of nitrogens with two attached hydrogens (primary N) is 1. The molecule has 7 nitrogen and oxygen atoms in total.